The lowest BCUT2D eigenvalue weighted by atomic mass is 9.98. The maximum absolute atomic E-state index is 5.59. The second-order valence-electron chi connectivity index (χ2n) is 6.37. The summed E-state index contributed by atoms with van der Waals surface area (Å²) in [5.41, 5.74) is 2.87. The highest BCUT2D eigenvalue weighted by Gasteiger charge is 2.21. The molecule has 3 nitrogen and oxygen atoms in total. The van der Waals surface area contributed by atoms with E-state index >= 15 is 0 Å². The van der Waals surface area contributed by atoms with Crippen LogP contribution in [0, 0.1) is 0 Å². The molecule has 1 aromatic carbocycles. The Morgan fingerprint density at radius 2 is 2.29 bits per heavy atom. The second-order valence-corrected chi connectivity index (χ2v) is 6.37. The first kappa shape index (κ1) is 14.9. The predicted octanol–water partition coefficient (Wildman–Crippen LogP) is 2.63. The van der Waals surface area contributed by atoms with Crippen molar-refractivity contribution in [2.45, 2.75) is 44.6 Å². The number of benzene rings is 1. The summed E-state index contributed by atoms with van der Waals surface area (Å²) >= 11 is 0. The van der Waals surface area contributed by atoms with Crippen molar-refractivity contribution in [3.8, 4) is 5.75 Å². The van der Waals surface area contributed by atoms with Crippen molar-refractivity contribution in [2.75, 3.05) is 33.3 Å². The lowest BCUT2D eigenvalue weighted by Gasteiger charge is -2.36. The zero-order chi connectivity index (χ0) is 14.5. The van der Waals surface area contributed by atoms with Gasteiger partial charge in [-0.25, -0.2) is 0 Å². The van der Waals surface area contributed by atoms with Gasteiger partial charge in [-0.3, -0.25) is 0 Å². The van der Waals surface area contributed by atoms with Crippen LogP contribution in [0.3, 0.4) is 0 Å². The molecule has 0 spiro atoms. The van der Waals surface area contributed by atoms with Gasteiger partial charge in [0, 0.05) is 19.0 Å². The number of nitrogens with one attached hydrogen (secondary N) is 1. The van der Waals surface area contributed by atoms with Crippen molar-refractivity contribution in [1.82, 2.24) is 10.2 Å². The van der Waals surface area contributed by atoms with E-state index in [-0.39, 0.29) is 0 Å². The summed E-state index contributed by atoms with van der Waals surface area (Å²) in [6, 6.07) is 7.54. The van der Waals surface area contributed by atoms with Crippen molar-refractivity contribution < 1.29 is 4.74 Å². The zero-order valence-electron chi connectivity index (χ0n) is 13.2. The molecule has 0 radical (unpaired) electrons. The van der Waals surface area contributed by atoms with Crippen molar-refractivity contribution in [3.05, 3.63) is 29.3 Å². The van der Waals surface area contributed by atoms with Gasteiger partial charge in [-0.15, -0.1) is 0 Å². The Kier molecular flexibility index (Phi) is 5.15. The first-order chi connectivity index (χ1) is 10.4. The fraction of sp³-hybridized carbons (Fsp3) is 0.667. The van der Waals surface area contributed by atoms with Crippen LogP contribution in [0.4, 0.5) is 0 Å². The van der Waals surface area contributed by atoms with Crippen LogP contribution in [0.1, 0.15) is 36.8 Å². The monoisotopic (exact) mass is 288 g/mol. The third-order valence-electron chi connectivity index (χ3n) is 4.92. The Bertz CT molecular complexity index is 461. The van der Waals surface area contributed by atoms with Crippen molar-refractivity contribution in [3.63, 3.8) is 0 Å². The van der Waals surface area contributed by atoms with Gasteiger partial charge in [-0.2, -0.15) is 0 Å². The fourth-order valence-corrected chi connectivity index (χ4v) is 3.66. The molecular weight excluding hydrogens is 260 g/mol. The highest BCUT2D eigenvalue weighted by atomic mass is 16.5. The summed E-state index contributed by atoms with van der Waals surface area (Å²) in [5.74, 6) is 1.10. The van der Waals surface area contributed by atoms with Gasteiger partial charge in [0.25, 0.3) is 0 Å². The van der Waals surface area contributed by atoms with Gasteiger partial charge in [0.05, 0.1) is 6.61 Å². The van der Waals surface area contributed by atoms with Crippen LogP contribution in [0.25, 0.3) is 0 Å². The Morgan fingerprint density at radius 1 is 1.33 bits per heavy atom. The molecule has 2 aliphatic heterocycles. The molecule has 2 aliphatic rings. The SMILES string of the molecule is CNCCC1CCCCN1CCc1ccc2c(c1)CCO2. The Balaban J connectivity index is 1.55. The van der Waals surface area contributed by atoms with Crippen molar-refractivity contribution in [2.24, 2.45) is 0 Å². The number of piperidine rings is 1. The number of fused-ring (bicyclic) bond motifs is 1. The molecular formula is C18H28N2O. The number of nitrogens with zero attached hydrogens (tertiary/aromatic N) is 1. The molecule has 1 N–H and O–H groups in total. The Hall–Kier alpha value is -1.06. The van der Waals surface area contributed by atoms with Crippen LogP contribution in [0.2, 0.25) is 0 Å². The summed E-state index contributed by atoms with van der Waals surface area (Å²) in [6.45, 7) is 4.48. The fourth-order valence-electron chi connectivity index (χ4n) is 3.66. The quantitative estimate of drug-likeness (QED) is 0.871. The molecule has 0 aliphatic carbocycles. The van der Waals surface area contributed by atoms with Crippen LogP contribution in [-0.4, -0.2) is 44.2 Å². The highest BCUT2D eigenvalue weighted by molar-refractivity contribution is 5.39. The number of hydrogen-bond acceptors (Lipinski definition) is 3. The Labute approximate surface area is 128 Å². The van der Waals surface area contributed by atoms with E-state index in [1.165, 1.54) is 56.3 Å². The molecule has 1 atom stereocenters. The van der Waals surface area contributed by atoms with Crippen LogP contribution < -0.4 is 10.1 Å². The van der Waals surface area contributed by atoms with Gasteiger partial charge in [-0.05, 0) is 63.0 Å². The molecule has 0 saturated carbocycles. The summed E-state index contributed by atoms with van der Waals surface area (Å²) in [4.78, 5) is 2.71. The molecule has 3 rings (SSSR count). The maximum atomic E-state index is 5.59. The van der Waals surface area contributed by atoms with Gasteiger partial charge >= 0.3 is 0 Å². The van der Waals surface area contributed by atoms with Crippen LogP contribution in [-0.2, 0) is 12.8 Å². The van der Waals surface area contributed by atoms with E-state index in [1.54, 1.807) is 0 Å². The minimum atomic E-state index is 0.781. The van der Waals surface area contributed by atoms with Gasteiger partial charge in [-0.1, -0.05) is 18.6 Å². The molecule has 21 heavy (non-hydrogen) atoms. The number of hydrogen-bond donors (Lipinski definition) is 1. The lowest BCUT2D eigenvalue weighted by Crippen LogP contribution is -2.42. The van der Waals surface area contributed by atoms with Gasteiger partial charge in [0.15, 0.2) is 0 Å². The van der Waals surface area contributed by atoms with E-state index in [4.69, 9.17) is 4.74 Å². The van der Waals surface area contributed by atoms with Crippen molar-refractivity contribution >= 4 is 0 Å². The molecule has 1 saturated heterocycles. The normalized spacial score (nSPS) is 22.0. The van der Waals surface area contributed by atoms with E-state index in [2.05, 4.69) is 35.5 Å². The summed E-state index contributed by atoms with van der Waals surface area (Å²) in [6.07, 6.45) is 7.68. The largest absolute Gasteiger partial charge is 0.493 e. The van der Waals surface area contributed by atoms with E-state index in [0.29, 0.717) is 0 Å². The second kappa shape index (κ2) is 7.28. The smallest absolute Gasteiger partial charge is 0.122 e. The molecule has 1 unspecified atom stereocenters. The average Bonchev–Trinajstić information content (AvgIpc) is 2.99. The minimum Gasteiger partial charge on any atom is -0.493 e. The zero-order valence-corrected chi connectivity index (χ0v) is 13.2. The van der Waals surface area contributed by atoms with E-state index < -0.39 is 0 Å². The molecule has 116 valence electrons. The molecule has 3 heteroatoms. The Morgan fingerprint density at radius 3 is 3.19 bits per heavy atom. The summed E-state index contributed by atoms with van der Waals surface area (Å²) in [5, 5.41) is 3.30. The lowest BCUT2D eigenvalue weighted by molar-refractivity contribution is 0.142. The molecule has 1 aromatic rings. The first-order valence-corrected chi connectivity index (χ1v) is 8.50. The van der Waals surface area contributed by atoms with E-state index in [1.807, 2.05) is 0 Å². The summed E-state index contributed by atoms with van der Waals surface area (Å²) in [7, 11) is 2.06. The number of ether oxygens (including phenoxy) is 1. The minimum absolute atomic E-state index is 0.781. The highest BCUT2D eigenvalue weighted by Crippen LogP contribution is 2.26. The van der Waals surface area contributed by atoms with Gasteiger partial charge in [0.2, 0.25) is 0 Å². The molecule has 1 fully saturated rings. The van der Waals surface area contributed by atoms with Gasteiger partial charge in [0.1, 0.15) is 5.75 Å². The first-order valence-electron chi connectivity index (χ1n) is 8.50. The third-order valence-corrected chi connectivity index (χ3v) is 4.92. The van der Waals surface area contributed by atoms with E-state index in [0.717, 1.165) is 31.4 Å². The van der Waals surface area contributed by atoms with Crippen molar-refractivity contribution in [1.29, 1.82) is 0 Å². The van der Waals surface area contributed by atoms with Crippen LogP contribution >= 0.6 is 0 Å². The predicted molar refractivity (Wildman–Crippen MR) is 87.1 cm³/mol. The van der Waals surface area contributed by atoms with Crippen LogP contribution in [0.5, 0.6) is 5.75 Å². The molecule has 2 heterocycles. The number of likely N-dealkylation sites (tertiary alicyclic amines) is 1. The summed E-state index contributed by atoms with van der Waals surface area (Å²) < 4.78 is 5.59. The molecule has 0 aromatic heterocycles. The molecule has 0 amide bonds. The average molecular weight is 288 g/mol. The standard InChI is InChI=1S/C18H28N2O/c1-19-10-7-17-4-2-3-11-20(17)12-8-15-5-6-18-16(14-15)9-13-21-18/h5-6,14,17,19H,2-4,7-13H2,1H3. The van der Waals surface area contributed by atoms with E-state index in [9.17, 15) is 0 Å². The number of rotatable bonds is 6. The topological polar surface area (TPSA) is 24.5 Å². The van der Waals surface area contributed by atoms with Crippen LogP contribution in [0.15, 0.2) is 18.2 Å². The third kappa shape index (κ3) is 3.78. The van der Waals surface area contributed by atoms with Gasteiger partial charge < -0.3 is 15.0 Å². The maximum Gasteiger partial charge on any atom is 0.122 e. The molecule has 0 bridgehead atoms.